The molecule has 0 atom stereocenters. The molecule has 0 bridgehead atoms. The first-order valence-electron chi connectivity index (χ1n) is 4.19. The van der Waals surface area contributed by atoms with E-state index in [0.29, 0.717) is 5.69 Å². The second kappa shape index (κ2) is 5.20. The van der Waals surface area contributed by atoms with E-state index in [1.807, 2.05) is 0 Å². The Morgan fingerprint density at radius 1 is 1.62 bits per heavy atom. The zero-order valence-corrected chi connectivity index (χ0v) is 9.81. The van der Waals surface area contributed by atoms with Crippen LogP contribution in [0.25, 0.3) is 0 Å². The molecular formula is C9H8BrF2NO3. The predicted molar refractivity (Wildman–Crippen MR) is 56.0 cm³/mol. The van der Waals surface area contributed by atoms with Crippen molar-refractivity contribution in [3.8, 4) is 0 Å². The molecule has 0 amide bonds. The van der Waals surface area contributed by atoms with E-state index in [0.717, 1.165) is 13.2 Å². The van der Waals surface area contributed by atoms with Crippen LogP contribution in [0.15, 0.2) is 10.9 Å². The van der Waals surface area contributed by atoms with E-state index in [4.69, 9.17) is 0 Å². The summed E-state index contributed by atoms with van der Waals surface area (Å²) in [7, 11) is 1.05. The maximum absolute atomic E-state index is 12.6. The SMILES string of the molecule is COC(=O)c1[nH]c(CBr)cc(=O)c1C(F)F. The highest BCUT2D eigenvalue weighted by atomic mass is 79.9. The number of pyridine rings is 1. The molecule has 0 unspecified atom stereocenters. The van der Waals surface area contributed by atoms with Gasteiger partial charge in [0.25, 0.3) is 6.43 Å². The molecule has 0 fully saturated rings. The number of alkyl halides is 3. The van der Waals surface area contributed by atoms with E-state index >= 15 is 0 Å². The van der Waals surface area contributed by atoms with Crippen molar-refractivity contribution in [3.05, 3.63) is 33.2 Å². The third-order valence-corrected chi connectivity index (χ3v) is 2.48. The molecule has 0 aromatic carbocycles. The Hall–Kier alpha value is -1.24. The third kappa shape index (κ3) is 2.46. The number of halogens is 3. The molecular weight excluding hydrogens is 288 g/mol. The summed E-state index contributed by atoms with van der Waals surface area (Å²) < 4.78 is 29.5. The Morgan fingerprint density at radius 3 is 2.69 bits per heavy atom. The van der Waals surface area contributed by atoms with Crippen LogP contribution in [-0.2, 0) is 10.1 Å². The van der Waals surface area contributed by atoms with E-state index in [1.54, 1.807) is 0 Å². The van der Waals surface area contributed by atoms with Gasteiger partial charge in [-0.05, 0) is 0 Å². The van der Waals surface area contributed by atoms with Crippen LogP contribution in [0.4, 0.5) is 8.78 Å². The number of ether oxygens (including phenoxy) is 1. The van der Waals surface area contributed by atoms with Crippen molar-refractivity contribution in [1.82, 2.24) is 4.98 Å². The van der Waals surface area contributed by atoms with Gasteiger partial charge in [0.2, 0.25) is 0 Å². The van der Waals surface area contributed by atoms with Crippen LogP contribution in [0.5, 0.6) is 0 Å². The lowest BCUT2D eigenvalue weighted by Crippen LogP contribution is -2.20. The molecule has 1 aromatic rings. The number of esters is 1. The van der Waals surface area contributed by atoms with Crippen molar-refractivity contribution in [2.24, 2.45) is 0 Å². The highest BCUT2D eigenvalue weighted by Crippen LogP contribution is 2.19. The molecule has 1 aromatic heterocycles. The topological polar surface area (TPSA) is 59.2 Å². The lowest BCUT2D eigenvalue weighted by molar-refractivity contribution is 0.0580. The van der Waals surface area contributed by atoms with Gasteiger partial charge in [-0.25, -0.2) is 13.6 Å². The van der Waals surface area contributed by atoms with Gasteiger partial charge in [-0.15, -0.1) is 0 Å². The number of methoxy groups -OCH3 is 1. The predicted octanol–water partition coefficient (Wildman–Crippen LogP) is 1.99. The third-order valence-electron chi connectivity index (χ3n) is 1.88. The quantitative estimate of drug-likeness (QED) is 0.685. The molecule has 1 heterocycles. The normalized spacial score (nSPS) is 10.6. The van der Waals surface area contributed by atoms with Crippen LogP contribution in [0.2, 0.25) is 0 Å². The maximum Gasteiger partial charge on any atom is 0.355 e. The van der Waals surface area contributed by atoms with Crippen LogP contribution in [-0.4, -0.2) is 18.1 Å². The van der Waals surface area contributed by atoms with Crippen molar-refractivity contribution < 1.29 is 18.3 Å². The van der Waals surface area contributed by atoms with Gasteiger partial charge in [-0.2, -0.15) is 0 Å². The number of rotatable bonds is 3. The molecule has 88 valence electrons. The van der Waals surface area contributed by atoms with Crippen molar-refractivity contribution >= 4 is 21.9 Å². The number of carbonyl (C=O) groups excluding carboxylic acids is 1. The molecule has 4 nitrogen and oxygen atoms in total. The summed E-state index contributed by atoms with van der Waals surface area (Å²) in [6.45, 7) is 0. The molecule has 0 radical (unpaired) electrons. The van der Waals surface area contributed by atoms with E-state index in [1.165, 1.54) is 0 Å². The number of hydrogen-bond acceptors (Lipinski definition) is 3. The minimum Gasteiger partial charge on any atom is -0.464 e. The van der Waals surface area contributed by atoms with Crippen LogP contribution in [0.3, 0.4) is 0 Å². The number of H-pyrrole nitrogens is 1. The van der Waals surface area contributed by atoms with Crippen molar-refractivity contribution in [2.45, 2.75) is 11.8 Å². The Bertz CT molecular complexity index is 459. The minimum atomic E-state index is -3.03. The number of hydrogen-bond donors (Lipinski definition) is 1. The van der Waals surface area contributed by atoms with Crippen molar-refractivity contribution in [3.63, 3.8) is 0 Å². The summed E-state index contributed by atoms with van der Waals surface area (Å²) in [5, 5.41) is 0.246. The second-order valence-electron chi connectivity index (χ2n) is 2.87. The fraction of sp³-hybridized carbons (Fsp3) is 0.333. The van der Waals surface area contributed by atoms with Crippen LogP contribution in [0, 0.1) is 0 Å². The summed E-state index contributed by atoms with van der Waals surface area (Å²) in [6, 6.07) is 1.02. The standard InChI is InChI=1S/C9H8BrF2NO3/c1-16-9(15)7-6(8(11)12)5(14)2-4(3-10)13-7/h2,8H,3H2,1H3,(H,13,14). The van der Waals surface area contributed by atoms with E-state index < -0.39 is 29.1 Å². The largest absolute Gasteiger partial charge is 0.464 e. The number of nitrogens with one attached hydrogen (secondary N) is 1. The van der Waals surface area contributed by atoms with Gasteiger partial charge >= 0.3 is 5.97 Å². The summed E-state index contributed by atoms with van der Waals surface area (Å²) in [5.74, 6) is -0.991. The van der Waals surface area contributed by atoms with E-state index in [2.05, 4.69) is 25.7 Å². The van der Waals surface area contributed by atoms with Crippen LogP contribution in [0.1, 0.15) is 28.2 Å². The minimum absolute atomic E-state index is 0.246. The summed E-state index contributed by atoms with van der Waals surface area (Å²) in [5.41, 5.74) is -1.92. The zero-order valence-electron chi connectivity index (χ0n) is 8.22. The average Bonchev–Trinajstić information content (AvgIpc) is 2.26. The first-order valence-corrected chi connectivity index (χ1v) is 5.32. The lowest BCUT2D eigenvalue weighted by Gasteiger charge is -2.08. The van der Waals surface area contributed by atoms with Gasteiger partial charge in [0.05, 0.1) is 12.7 Å². The van der Waals surface area contributed by atoms with Gasteiger partial charge in [0.1, 0.15) is 5.69 Å². The highest BCUT2D eigenvalue weighted by Gasteiger charge is 2.23. The molecule has 0 aliphatic carbocycles. The molecule has 16 heavy (non-hydrogen) atoms. The van der Waals surface area contributed by atoms with Gasteiger partial charge in [-0.3, -0.25) is 4.79 Å². The Labute approximate surface area is 97.7 Å². The molecule has 0 saturated heterocycles. The molecule has 0 spiro atoms. The highest BCUT2D eigenvalue weighted by molar-refractivity contribution is 9.08. The summed E-state index contributed by atoms with van der Waals surface area (Å²) in [4.78, 5) is 25.0. The maximum atomic E-state index is 12.6. The zero-order chi connectivity index (χ0) is 12.3. The molecule has 0 aliphatic rings. The first kappa shape index (κ1) is 12.8. The molecule has 1 rings (SSSR count). The Kier molecular flexibility index (Phi) is 4.17. The van der Waals surface area contributed by atoms with Crippen molar-refractivity contribution in [2.75, 3.05) is 7.11 Å². The fourth-order valence-corrected chi connectivity index (χ4v) is 1.48. The van der Waals surface area contributed by atoms with Crippen molar-refractivity contribution in [1.29, 1.82) is 0 Å². The number of carbonyl (C=O) groups is 1. The second-order valence-corrected chi connectivity index (χ2v) is 3.43. The van der Waals surface area contributed by atoms with Gasteiger partial charge in [-0.1, -0.05) is 15.9 Å². The fourth-order valence-electron chi connectivity index (χ4n) is 1.17. The molecule has 1 N–H and O–H groups in total. The van der Waals surface area contributed by atoms with Gasteiger partial charge in [0, 0.05) is 17.1 Å². The Balaban J connectivity index is 3.46. The number of aromatic nitrogens is 1. The smallest absolute Gasteiger partial charge is 0.355 e. The summed E-state index contributed by atoms with van der Waals surface area (Å²) in [6.07, 6.45) is -3.03. The van der Waals surface area contributed by atoms with E-state index in [9.17, 15) is 18.4 Å². The van der Waals surface area contributed by atoms with Crippen LogP contribution >= 0.6 is 15.9 Å². The first-order chi connectivity index (χ1) is 7.51. The molecule has 7 heteroatoms. The number of aromatic amines is 1. The summed E-state index contributed by atoms with van der Waals surface area (Å²) >= 11 is 3.05. The molecule has 0 aliphatic heterocycles. The average molecular weight is 296 g/mol. The van der Waals surface area contributed by atoms with Crippen LogP contribution < -0.4 is 5.43 Å². The van der Waals surface area contributed by atoms with Gasteiger partial charge < -0.3 is 9.72 Å². The molecule has 0 saturated carbocycles. The monoisotopic (exact) mass is 295 g/mol. The van der Waals surface area contributed by atoms with Gasteiger partial charge in [0.15, 0.2) is 5.43 Å². The van der Waals surface area contributed by atoms with E-state index in [-0.39, 0.29) is 5.33 Å². The lowest BCUT2D eigenvalue weighted by atomic mass is 10.1. The Morgan fingerprint density at radius 2 is 2.25 bits per heavy atom.